The van der Waals surface area contributed by atoms with Crippen molar-refractivity contribution < 1.29 is 8.42 Å². The van der Waals surface area contributed by atoms with Gasteiger partial charge >= 0.3 is 0 Å². The van der Waals surface area contributed by atoms with Crippen molar-refractivity contribution in [2.24, 2.45) is 0 Å². The minimum absolute atomic E-state index is 0.119. The van der Waals surface area contributed by atoms with Gasteiger partial charge < -0.3 is 0 Å². The maximum absolute atomic E-state index is 11.9. The number of aromatic amines is 1. The molecule has 1 aliphatic rings. The standard InChI is InChI=1S/C11H20N4O2S/c1-10(15-7-3-2-4-8-15)9-13-18(16,17)11-5-6-12-14-11/h5-6,10,13H,2-4,7-9H2,1H3,(H,12,14). The van der Waals surface area contributed by atoms with Gasteiger partial charge in [-0.05, 0) is 38.9 Å². The lowest BCUT2D eigenvalue weighted by atomic mass is 10.1. The topological polar surface area (TPSA) is 78.1 Å². The van der Waals surface area contributed by atoms with Gasteiger partial charge in [-0.15, -0.1) is 0 Å². The van der Waals surface area contributed by atoms with E-state index in [0.29, 0.717) is 6.54 Å². The van der Waals surface area contributed by atoms with E-state index in [9.17, 15) is 8.42 Å². The molecule has 1 fully saturated rings. The third kappa shape index (κ3) is 3.30. The zero-order valence-corrected chi connectivity index (χ0v) is 11.4. The van der Waals surface area contributed by atoms with Crippen molar-refractivity contribution in [2.45, 2.75) is 37.3 Å². The Labute approximate surface area is 108 Å². The molecule has 0 aliphatic carbocycles. The van der Waals surface area contributed by atoms with Crippen LogP contribution in [0, 0.1) is 0 Å². The molecule has 1 aliphatic heterocycles. The minimum atomic E-state index is -3.45. The van der Waals surface area contributed by atoms with Crippen LogP contribution in [0.2, 0.25) is 0 Å². The molecule has 7 heteroatoms. The molecule has 0 aromatic carbocycles. The first-order valence-corrected chi connectivity index (χ1v) is 7.81. The van der Waals surface area contributed by atoms with Crippen LogP contribution in [0.25, 0.3) is 0 Å². The third-order valence-electron chi connectivity index (χ3n) is 3.35. The Kier molecular flexibility index (Phi) is 4.36. The van der Waals surface area contributed by atoms with Gasteiger partial charge in [0.15, 0.2) is 5.03 Å². The van der Waals surface area contributed by atoms with E-state index < -0.39 is 10.0 Å². The molecule has 2 N–H and O–H groups in total. The fourth-order valence-electron chi connectivity index (χ4n) is 2.19. The summed E-state index contributed by atoms with van der Waals surface area (Å²) in [6.07, 6.45) is 5.13. The van der Waals surface area contributed by atoms with Crippen LogP contribution >= 0.6 is 0 Å². The molecule has 102 valence electrons. The van der Waals surface area contributed by atoms with E-state index in [2.05, 4.69) is 26.7 Å². The Morgan fingerprint density at radius 1 is 1.44 bits per heavy atom. The number of likely N-dealkylation sites (tertiary alicyclic amines) is 1. The monoisotopic (exact) mass is 272 g/mol. The minimum Gasteiger partial charge on any atom is -0.299 e. The van der Waals surface area contributed by atoms with Crippen LogP contribution < -0.4 is 4.72 Å². The Morgan fingerprint density at radius 2 is 2.17 bits per heavy atom. The van der Waals surface area contributed by atoms with Gasteiger partial charge in [-0.1, -0.05) is 6.42 Å². The first-order valence-electron chi connectivity index (χ1n) is 6.33. The fourth-order valence-corrected chi connectivity index (χ4v) is 3.22. The molecule has 2 rings (SSSR count). The number of rotatable bonds is 5. The Morgan fingerprint density at radius 3 is 2.78 bits per heavy atom. The second-order valence-electron chi connectivity index (χ2n) is 4.72. The van der Waals surface area contributed by atoms with Gasteiger partial charge in [0.2, 0.25) is 0 Å². The number of sulfonamides is 1. The number of hydrogen-bond donors (Lipinski definition) is 2. The molecule has 1 aromatic heterocycles. The SMILES string of the molecule is CC(CNS(=O)(=O)c1ccn[nH]1)N1CCCCC1. The number of nitrogens with zero attached hydrogens (tertiary/aromatic N) is 2. The Balaban J connectivity index is 1.87. The number of hydrogen-bond acceptors (Lipinski definition) is 4. The second-order valence-corrected chi connectivity index (χ2v) is 6.45. The van der Waals surface area contributed by atoms with E-state index in [1.54, 1.807) is 0 Å². The van der Waals surface area contributed by atoms with Gasteiger partial charge in [0, 0.05) is 12.6 Å². The molecular formula is C11H20N4O2S. The van der Waals surface area contributed by atoms with Crippen molar-refractivity contribution in [3.63, 3.8) is 0 Å². The van der Waals surface area contributed by atoms with Gasteiger partial charge in [0.05, 0.1) is 6.20 Å². The molecule has 0 saturated carbocycles. The number of aromatic nitrogens is 2. The van der Waals surface area contributed by atoms with Crippen LogP contribution in [-0.2, 0) is 10.0 Å². The molecule has 6 nitrogen and oxygen atoms in total. The van der Waals surface area contributed by atoms with Crippen LogP contribution in [0.1, 0.15) is 26.2 Å². The highest BCUT2D eigenvalue weighted by molar-refractivity contribution is 7.89. The lowest BCUT2D eigenvalue weighted by Crippen LogP contribution is -2.44. The smallest absolute Gasteiger partial charge is 0.257 e. The Bertz CT molecular complexity index is 451. The average Bonchev–Trinajstić information content (AvgIpc) is 2.92. The van der Waals surface area contributed by atoms with Gasteiger partial charge in [-0.25, -0.2) is 13.1 Å². The molecule has 2 heterocycles. The van der Waals surface area contributed by atoms with E-state index in [1.165, 1.54) is 31.5 Å². The van der Waals surface area contributed by atoms with E-state index in [1.807, 2.05) is 0 Å². The van der Waals surface area contributed by atoms with E-state index in [-0.39, 0.29) is 11.1 Å². The maximum atomic E-state index is 11.9. The van der Waals surface area contributed by atoms with Crippen molar-refractivity contribution in [3.05, 3.63) is 12.3 Å². The summed E-state index contributed by atoms with van der Waals surface area (Å²) in [5, 5.41) is 6.24. The average molecular weight is 272 g/mol. The molecule has 1 atom stereocenters. The summed E-state index contributed by atoms with van der Waals surface area (Å²) in [5.41, 5.74) is 0. The summed E-state index contributed by atoms with van der Waals surface area (Å²) in [5.74, 6) is 0. The van der Waals surface area contributed by atoms with Crippen LogP contribution in [0.3, 0.4) is 0 Å². The molecular weight excluding hydrogens is 252 g/mol. The van der Waals surface area contributed by atoms with Crippen molar-refractivity contribution in [2.75, 3.05) is 19.6 Å². The molecule has 0 radical (unpaired) electrons. The van der Waals surface area contributed by atoms with Gasteiger partial charge in [-0.3, -0.25) is 10.00 Å². The number of nitrogens with one attached hydrogen (secondary N) is 2. The van der Waals surface area contributed by atoms with Crippen molar-refractivity contribution in [1.82, 2.24) is 19.8 Å². The predicted octanol–water partition coefficient (Wildman–Crippen LogP) is 0.562. The molecule has 0 spiro atoms. The number of piperidine rings is 1. The largest absolute Gasteiger partial charge is 0.299 e. The molecule has 0 bridgehead atoms. The van der Waals surface area contributed by atoms with Crippen LogP contribution in [-0.4, -0.2) is 49.2 Å². The molecule has 18 heavy (non-hydrogen) atoms. The summed E-state index contributed by atoms with van der Waals surface area (Å²) in [7, 11) is -3.45. The van der Waals surface area contributed by atoms with Gasteiger partial charge in [0.25, 0.3) is 10.0 Å². The van der Waals surface area contributed by atoms with Crippen LogP contribution in [0.4, 0.5) is 0 Å². The lowest BCUT2D eigenvalue weighted by Gasteiger charge is -2.32. The van der Waals surface area contributed by atoms with Crippen molar-refractivity contribution in [1.29, 1.82) is 0 Å². The van der Waals surface area contributed by atoms with Crippen LogP contribution in [0.5, 0.6) is 0 Å². The summed E-state index contributed by atoms with van der Waals surface area (Å²) in [4.78, 5) is 2.33. The summed E-state index contributed by atoms with van der Waals surface area (Å²) < 4.78 is 26.4. The van der Waals surface area contributed by atoms with E-state index in [0.717, 1.165) is 13.1 Å². The van der Waals surface area contributed by atoms with Crippen molar-refractivity contribution in [3.8, 4) is 0 Å². The molecule has 1 aromatic rings. The molecule has 1 saturated heterocycles. The zero-order valence-electron chi connectivity index (χ0n) is 10.6. The normalized spacial score (nSPS) is 19.8. The Hall–Kier alpha value is -0.920. The third-order valence-corrected chi connectivity index (χ3v) is 4.70. The highest BCUT2D eigenvalue weighted by Crippen LogP contribution is 2.12. The highest BCUT2D eigenvalue weighted by atomic mass is 32.2. The van der Waals surface area contributed by atoms with E-state index >= 15 is 0 Å². The predicted molar refractivity (Wildman–Crippen MR) is 68.7 cm³/mol. The maximum Gasteiger partial charge on any atom is 0.257 e. The quantitative estimate of drug-likeness (QED) is 0.821. The first kappa shape index (κ1) is 13.5. The fraction of sp³-hybridized carbons (Fsp3) is 0.727. The lowest BCUT2D eigenvalue weighted by molar-refractivity contribution is 0.175. The van der Waals surface area contributed by atoms with Crippen molar-refractivity contribution >= 4 is 10.0 Å². The van der Waals surface area contributed by atoms with Crippen LogP contribution in [0.15, 0.2) is 17.3 Å². The van der Waals surface area contributed by atoms with Gasteiger partial charge in [0.1, 0.15) is 0 Å². The molecule has 0 amide bonds. The summed E-state index contributed by atoms with van der Waals surface area (Å²) >= 11 is 0. The summed E-state index contributed by atoms with van der Waals surface area (Å²) in [6.45, 7) is 4.61. The van der Waals surface area contributed by atoms with Gasteiger partial charge in [-0.2, -0.15) is 5.10 Å². The highest BCUT2D eigenvalue weighted by Gasteiger charge is 2.20. The first-order chi connectivity index (χ1) is 8.59. The molecule has 1 unspecified atom stereocenters. The van der Waals surface area contributed by atoms with E-state index in [4.69, 9.17) is 0 Å². The zero-order chi connectivity index (χ0) is 13.0. The second kappa shape index (κ2) is 5.81. The number of H-pyrrole nitrogens is 1. The summed E-state index contributed by atoms with van der Waals surface area (Å²) in [6, 6.07) is 1.68.